The molecule has 0 bridgehead atoms. The van der Waals surface area contributed by atoms with Crippen molar-refractivity contribution in [2.24, 2.45) is 0 Å². The summed E-state index contributed by atoms with van der Waals surface area (Å²) in [6, 6.07) is 13.5. The van der Waals surface area contributed by atoms with Gasteiger partial charge in [0.1, 0.15) is 5.75 Å². The monoisotopic (exact) mass is 267 g/mol. The Bertz CT molecular complexity index is 567. The number of nitrogens with two attached hydrogens (primary N) is 1. The zero-order chi connectivity index (χ0) is 13.9. The fourth-order valence-electron chi connectivity index (χ4n) is 1.70. The molecule has 2 N–H and O–H groups in total. The van der Waals surface area contributed by atoms with E-state index < -0.39 is 12.8 Å². The van der Waals surface area contributed by atoms with Gasteiger partial charge in [0.2, 0.25) is 0 Å². The molecule has 0 aliphatic rings. The molecule has 0 radical (unpaired) electrons. The van der Waals surface area contributed by atoms with Crippen LogP contribution in [0.15, 0.2) is 48.5 Å². The van der Waals surface area contributed by atoms with Crippen LogP contribution in [0.3, 0.4) is 0 Å². The maximum Gasteiger partial charge on any atom is 0.422 e. The van der Waals surface area contributed by atoms with Crippen LogP contribution in [0.1, 0.15) is 0 Å². The molecule has 2 aromatic carbocycles. The zero-order valence-corrected chi connectivity index (χ0v) is 9.95. The molecular formula is C14H12F3NO. The molecule has 0 fully saturated rings. The van der Waals surface area contributed by atoms with E-state index in [0.717, 1.165) is 5.56 Å². The van der Waals surface area contributed by atoms with Crippen LogP contribution >= 0.6 is 0 Å². The molecule has 5 heteroatoms. The van der Waals surface area contributed by atoms with Crippen LogP contribution in [0, 0.1) is 0 Å². The molecule has 0 aliphatic heterocycles. The number of rotatable bonds is 3. The summed E-state index contributed by atoms with van der Waals surface area (Å²) in [6.45, 7) is -1.31. The fraction of sp³-hybridized carbons (Fsp3) is 0.143. The summed E-state index contributed by atoms with van der Waals surface area (Å²) in [5.74, 6) is 0.186. The smallest absolute Gasteiger partial charge is 0.422 e. The van der Waals surface area contributed by atoms with Crippen molar-refractivity contribution in [3.05, 3.63) is 48.5 Å². The van der Waals surface area contributed by atoms with Gasteiger partial charge >= 0.3 is 6.18 Å². The Labute approximate surface area is 108 Å². The molecule has 0 aliphatic carbocycles. The van der Waals surface area contributed by atoms with E-state index in [0.29, 0.717) is 11.3 Å². The highest BCUT2D eigenvalue weighted by molar-refractivity contribution is 5.72. The molecule has 0 saturated heterocycles. The quantitative estimate of drug-likeness (QED) is 0.856. The number of para-hydroxylation sites is 1. The van der Waals surface area contributed by atoms with Gasteiger partial charge in [-0.05, 0) is 23.8 Å². The lowest BCUT2D eigenvalue weighted by molar-refractivity contribution is -0.153. The van der Waals surface area contributed by atoms with Crippen molar-refractivity contribution in [2.75, 3.05) is 12.3 Å². The summed E-state index contributed by atoms with van der Waals surface area (Å²) in [7, 11) is 0. The molecule has 0 spiro atoms. The predicted octanol–water partition coefficient (Wildman–Crippen LogP) is 3.88. The SMILES string of the molecule is Nc1cccc(-c2ccccc2OCC(F)(F)F)c1. The molecule has 19 heavy (non-hydrogen) atoms. The number of hydrogen-bond donors (Lipinski definition) is 1. The van der Waals surface area contributed by atoms with Crippen molar-refractivity contribution in [3.8, 4) is 16.9 Å². The molecule has 0 unspecified atom stereocenters. The van der Waals surface area contributed by atoms with E-state index in [9.17, 15) is 13.2 Å². The Morgan fingerprint density at radius 2 is 1.74 bits per heavy atom. The second kappa shape index (κ2) is 5.22. The van der Waals surface area contributed by atoms with E-state index in [1.54, 1.807) is 42.5 Å². The van der Waals surface area contributed by atoms with Gasteiger partial charge in [0.05, 0.1) is 0 Å². The number of hydrogen-bond acceptors (Lipinski definition) is 2. The highest BCUT2D eigenvalue weighted by Gasteiger charge is 2.28. The average molecular weight is 267 g/mol. The van der Waals surface area contributed by atoms with E-state index in [-0.39, 0.29) is 5.75 Å². The van der Waals surface area contributed by atoms with Gasteiger partial charge in [-0.3, -0.25) is 0 Å². The van der Waals surface area contributed by atoms with E-state index in [1.807, 2.05) is 0 Å². The number of alkyl halides is 3. The number of nitrogen functional groups attached to an aromatic ring is 1. The summed E-state index contributed by atoms with van der Waals surface area (Å²) >= 11 is 0. The minimum absolute atomic E-state index is 0.186. The van der Waals surface area contributed by atoms with Crippen LogP contribution < -0.4 is 10.5 Å². The topological polar surface area (TPSA) is 35.2 Å². The average Bonchev–Trinajstić information content (AvgIpc) is 2.36. The van der Waals surface area contributed by atoms with Crippen molar-refractivity contribution in [1.82, 2.24) is 0 Å². The van der Waals surface area contributed by atoms with Gasteiger partial charge in [0.25, 0.3) is 0 Å². The summed E-state index contributed by atoms with van der Waals surface area (Å²) in [6.07, 6.45) is -4.36. The minimum Gasteiger partial charge on any atom is -0.483 e. The highest BCUT2D eigenvalue weighted by atomic mass is 19.4. The van der Waals surface area contributed by atoms with Crippen molar-refractivity contribution in [2.45, 2.75) is 6.18 Å². The van der Waals surface area contributed by atoms with Crippen molar-refractivity contribution < 1.29 is 17.9 Å². The largest absolute Gasteiger partial charge is 0.483 e. The Hall–Kier alpha value is -2.17. The summed E-state index contributed by atoms with van der Waals surface area (Å²) < 4.78 is 41.4. The summed E-state index contributed by atoms with van der Waals surface area (Å²) in [4.78, 5) is 0. The number of benzene rings is 2. The number of anilines is 1. The lowest BCUT2D eigenvalue weighted by Crippen LogP contribution is -2.19. The van der Waals surface area contributed by atoms with Crippen molar-refractivity contribution in [3.63, 3.8) is 0 Å². The van der Waals surface area contributed by atoms with Crippen LogP contribution in [0.5, 0.6) is 5.75 Å². The van der Waals surface area contributed by atoms with E-state index >= 15 is 0 Å². The normalized spacial score (nSPS) is 11.3. The maximum atomic E-state index is 12.2. The van der Waals surface area contributed by atoms with E-state index in [1.165, 1.54) is 6.07 Å². The Morgan fingerprint density at radius 3 is 2.42 bits per heavy atom. The highest BCUT2D eigenvalue weighted by Crippen LogP contribution is 2.31. The lowest BCUT2D eigenvalue weighted by atomic mass is 10.0. The van der Waals surface area contributed by atoms with Crippen LogP contribution in [0.25, 0.3) is 11.1 Å². The van der Waals surface area contributed by atoms with Gasteiger partial charge in [0, 0.05) is 11.3 Å². The molecule has 2 aromatic rings. The van der Waals surface area contributed by atoms with Gasteiger partial charge in [0.15, 0.2) is 6.61 Å². The van der Waals surface area contributed by atoms with Gasteiger partial charge in [-0.15, -0.1) is 0 Å². The van der Waals surface area contributed by atoms with E-state index in [2.05, 4.69) is 0 Å². The fourth-order valence-corrected chi connectivity index (χ4v) is 1.70. The van der Waals surface area contributed by atoms with Crippen LogP contribution in [-0.4, -0.2) is 12.8 Å². The number of ether oxygens (including phenoxy) is 1. The van der Waals surface area contributed by atoms with Crippen LogP contribution in [0.2, 0.25) is 0 Å². The number of halogens is 3. The molecule has 0 atom stereocenters. The van der Waals surface area contributed by atoms with Gasteiger partial charge in [-0.2, -0.15) is 13.2 Å². The lowest BCUT2D eigenvalue weighted by Gasteiger charge is -2.13. The van der Waals surface area contributed by atoms with Gasteiger partial charge in [-0.25, -0.2) is 0 Å². The second-order valence-electron chi connectivity index (χ2n) is 4.03. The zero-order valence-electron chi connectivity index (χ0n) is 9.95. The first-order valence-corrected chi connectivity index (χ1v) is 5.60. The van der Waals surface area contributed by atoms with Crippen LogP contribution in [-0.2, 0) is 0 Å². The van der Waals surface area contributed by atoms with Gasteiger partial charge in [-0.1, -0.05) is 30.3 Å². The third-order valence-electron chi connectivity index (χ3n) is 2.48. The van der Waals surface area contributed by atoms with Gasteiger partial charge < -0.3 is 10.5 Å². The molecule has 0 heterocycles. The van der Waals surface area contributed by atoms with Crippen LogP contribution in [0.4, 0.5) is 18.9 Å². The second-order valence-corrected chi connectivity index (χ2v) is 4.03. The first-order valence-electron chi connectivity index (χ1n) is 5.60. The third-order valence-corrected chi connectivity index (χ3v) is 2.48. The summed E-state index contributed by atoms with van der Waals surface area (Å²) in [5.41, 5.74) is 7.52. The molecular weight excluding hydrogens is 255 g/mol. The molecule has 100 valence electrons. The minimum atomic E-state index is -4.36. The first-order chi connectivity index (χ1) is 8.96. The molecule has 2 rings (SSSR count). The Morgan fingerprint density at radius 1 is 1.00 bits per heavy atom. The summed E-state index contributed by atoms with van der Waals surface area (Å²) in [5, 5.41) is 0. The molecule has 0 aromatic heterocycles. The predicted molar refractivity (Wildman–Crippen MR) is 67.8 cm³/mol. The standard InChI is InChI=1S/C14H12F3NO/c15-14(16,17)9-19-13-7-2-1-6-12(13)10-4-3-5-11(18)8-10/h1-8H,9,18H2. The Kier molecular flexibility index (Phi) is 3.64. The van der Waals surface area contributed by atoms with E-state index in [4.69, 9.17) is 10.5 Å². The third kappa shape index (κ3) is 3.64. The van der Waals surface area contributed by atoms with Crippen molar-refractivity contribution in [1.29, 1.82) is 0 Å². The first kappa shape index (κ1) is 13.3. The molecule has 2 nitrogen and oxygen atoms in total. The Balaban J connectivity index is 2.31. The van der Waals surface area contributed by atoms with Crippen molar-refractivity contribution >= 4 is 5.69 Å². The molecule has 0 saturated carbocycles. The maximum absolute atomic E-state index is 12.2. The molecule has 0 amide bonds.